The summed E-state index contributed by atoms with van der Waals surface area (Å²) in [7, 11) is 2.65. The predicted octanol–water partition coefficient (Wildman–Crippen LogP) is 5.81. The number of carbonyl (C=O) groups is 2. The van der Waals surface area contributed by atoms with Gasteiger partial charge in [0.1, 0.15) is 17.8 Å². The van der Waals surface area contributed by atoms with E-state index in [1.807, 2.05) is 0 Å². The number of methoxy groups -OCH3 is 2. The Morgan fingerprint density at radius 3 is 2.57 bits per heavy atom. The highest BCUT2D eigenvalue weighted by atomic mass is 35.5. The van der Waals surface area contributed by atoms with Crippen LogP contribution in [-0.2, 0) is 14.9 Å². The smallest absolute Gasteiger partial charge is 0.337 e. The average Bonchev–Trinajstić information content (AvgIpc) is 3.63. The van der Waals surface area contributed by atoms with Crippen molar-refractivity contribution in [2.24, 2.45) is 5.41 Å². The molecule has 2 unspecified atom stereocenters. The van der Waals surface area contributed by atoms with E-state index in [-0.39, 0.29) is 27.6 Å². The Kier molecular flexibility index (Phi) is 7.98. The van der Waals surface area contributed by atoms with Crippen LogP contribution < -0.4 is 20.7 Å². The number of nitrogens with one attached hydrogen (secondary N) is 3. The number of hydrogen-bond acceptors (Lipinski definition) is 7. The molecule has 3 aliphatic rings. The molecular formula is C32H31Cl2F2N3O5. The largest absolute Gasteiger partial charge is 0.495 e. The van der Waals surface area contributed by atoms with Gasteiger partial charge >= 0.3 is 5.97 Å². The first-order valence-corrected chi connectivity index (χ1v) is 14.9. The van der Waals surface area contributed by atoms with Gasteiger partial charge in [-0.05, 0) is 66.8 Å². The average molecular weight is 647 g/mol. The zero-order valence-corrected chi connectivity index (χ0v) is 25.4. The summed E-state index contributed by atoms with van der Waals surface area (Å²) >= 11 is 12.6. The summed E-state index contributed by atoms with van der Waals surface area (Å²) in [6.07, 6.45) is 0.319. The molecule has 44 heavy (non-hydrogen) atoms. The fourth-order valence-electron chi connectivity index (χ4n) is 6.99. The van der Waals surface area contributed by atoms with E-state index in [4.69, 9.17) is 32.7 Å². The summed E-state index contributed by atoms with van der Waals surface area (Å²) in [4.78, 5) is 26.3. The lowest BCUT2D eigenvalue weighted by molar-refractivity contribution is -0.118. The number of aliphatic hydroxyl groups excluding tert-OH is 1. The van der Waals surface area contributed by atoms with Gasteiger partial charge < -0.3 is 30.5 Å². The second-order valence-electron chi connectivity index (χ2n) is 11.7. The van der Waals surface area contributed by atoms with Crippen LogP contribution in [0.2, 0.25) is 10.0 Å². The fourth-order valence-corrected chi connectivity index (χ4v) is 7.35. The Labute approximate surface area is 263 Å². The van der Waals surface area contributed by atoms with Crippen LogP contribution in [0.25, 0.3) is 0 Å². The minimum Gasteiger partial charge on any atom is -0.495 e. The molecule has 1 saturated heterocycles. The molecule has 0 aromatic heterocycles. The van der Waals surface area contributed by atoms with Crippen LogP contribution in [0.4, 0.5) is 20.2 Å². The second kappa shape index (κ2) is 11.5. The zero-order valence-electron chi connectivity index (χ0n) is 23.9. The van der Waals surface area contributed by atoms with Gasteiger partial charge in [-0.1, -0.05) is 41.4 Å². The van der Waals surface area contributed by atoms with Gasteiger partial charge in [-0.2, -0.15) is 0 Å². The van der Waals surface area contributed by atoms with E-state index in [0.717, 1.165) is 0 Å². The molecule has 1 saturated carbocycles. The Morgan fingerprint density at radius 1 is 1.11 bits per heavy atom. The number of carbonyl (C=O) groups excluding carboxylic acids is 2. The third-order valence-corrected chi connectivity index (χ3v) is 9.88. The van der Waals surface area contributed by atoms with E-state index in [9.17, 15) is 19.1 Å². The lowest BCUT2D eigenvalue weighted by Gasteiger charge is -2.41. The molecule has 2 heterocycles. The molecule has 232 valence electrons. The number of fused-ring (bicyclic) bond motifs is 2. The van der Waals surface area contributed by atoms with Crippen molar-refractivity contribution in [3.8, 4) is 5.75 Å². The third-order valence-electron chi connectivity index (χ3n) is 9.36. The summed E-state index contributed by atoms with van der Waals surface area (Å²) < 4.78 is 40.6. The Bertz CT molecular complexity index is 1640. The number of amides is 1. The van der Waals surface area contributed by atoms with Crippen molar-refractivity contribution in [2.45, 2.75) is 48.9 Å². The second-order valence-corrected chi connectivity index (χ2v) is 12.6. The van der Waals surface area contributed by atoms with Crippen molar-refractivity contribution in [2.75, 3.05) is 31.5 Å². The molecule has 2 fully saturated rings. The van der Waals surface area contributed by atoms with Crippen LogP contribution in [0.3, 0.4) is 0 Å². The number of halogens is 4. The molecule has 4 N–H and O–H groups in total. The van der Waals surface area contributed by atoms with Crippen LogP contribution in [0, 0.1) is 11.2 Å². The van der Waals surface area contributed by atoms with Crippen molar-refractivity contribution < 1.29 is 33.0 Å². The summed E-state index contributed by atoms with van der Waals surface area (Å²) in [5, 5.41) is 21.5. The SMILES string of the molecule is COC(=O)c1ccc(NC(=O)[C@@H]2N[C@@H](CC3(CF)CC3)C3(c4ccc(Cl)cc4NC3O)[C@H]2c2cccc(Cl)c2F)c(OC)c1. The maximum Gasteiger partial charge on any atom is 0.337 e. The normalized spacial score (nSPS) is 26.2. The maximum atomic E-state index is 16.0. The molecule has 3 aromatic rings. The van der Waals surface area contributed by atoms with E-state index >= 15 is 4.39 Å². The molecule has 1 amide bonds. The highest BCUT2D eigenvalue weighted by molar-refractivity contribution is 6.31. The molecule has 5 atom stereocenters. The number of aliphatic hydroxyl groups is 1. The summed E-state index contributed by atoms with van der Waals surface area (Å²) in [5.41, 5.74) is -0.178. The number of alkyl halides is 1. The standard InChI is InChI=1S/C32H31Cl2F2N3O5/c1-43-23-12-16(29(41)44-2)6-9-21(23)37-28(40)27-25(18-4-3-5-20(34)26(18)36)32(24(39-27)14-31(15-35)10-11-31)19-8-7-17(33)13-22(19)38-30(32)42/h3-9,12-13,24-25,27,30,38-39,42H,10-11,14-15H2,1-2H3,(H,37,40)/t24-,25-,27+,30?,32?/m0/s1. The number of benzene rings is 3. The van der Waals surface area contributed by atoms with Crippen molar-refractivity contribution in [1.29, 1.82) is 0 Å². The molecule has 12 heteroatoms. The molecular weight excluding hydrogens is 615 g/mol. The highest BCUT2D eigenvalue weighted by Gasteiger charge is 2.67. The number of rotatable bonds is 8. The van der Waals surface area contributed by atoms with Crippen molar-refractivity contribution >= 4 is 46.5 Å². The molecule has 1 spiro atoms. The van der Waals surface area contributed by atoms with Gasteiger partial charge in [-0.25, -0.2) is 9.18 Å². The lowest BCUT2D eigenvalue weighted by Crippen LogP contribution is -2.52. The minimum atomic E-state index is -1.32. The first-order chi connectivity index (χ1) is 21.1. The number of esters is 1. The first-order valence-electron chi connectivity index (χ1n) is 14.2. The zero-order chi connectivity index (χ0) is 31.4. The van der Waals surface area contributed by atoms with Crippen LogP contribution in [0.15, 0.2) is 54.6 Å². The summed E-state index contributed by atoms with van der Waals surface area (Å²) in [6, 6.07) is 12.3. The van der Waals surface area contributed by atoms with Gasteiger partial charge in [0.2, 0.25) is 5.91 Å². The van der Waals surface area contributed by atoms with Crippen LogP contribution >= 0.6 is 23.2 Å². The summed E-state index contributed by atoms with van der Waals surface area (Å²) in [5.74, 6) is -2.66. The van der Waals surface area contributed by atoms with E-state index in [1.165, 1.54) is 38.5 Å². The van der Waals surface area contributed by atoms with Crippen LogP contribution in [0.5, 0.6) is 5.75 Å². The van der Waals surface area contributed by atoms with E-state index in [2.05, 4.69) is 16.0 Å². The van der Waals surface area contributed by atoms with Gasteiger partial charge in [0.25, 0.3) is 0 Å². The fraction of sp³-hybridized carbons (Fsp3) is 0.375. The lowest BCUT2D eigenvalue weighted by atomic mass is 9.62. The molecule has 2 aliphatic heterocycles. The van der Waals surface area contributed by atoms with Crippen LogP contribution in [0.1, 0.15) is 46.7 Å². The van der Waals surface area contributed by atoms with Gasteiger partial charge in [-0.15, -0.1) is 0 Å². The quantitative estimate of drug-likeness (QED) is 0.229. The van der Waals surface area contributed by atoms with E-state index in [1.54, 1.807) is 30.3 Å². The maximum absolute atomic E-state index is 16.0. The number of hydrogen-bond donors (Lipinski definition) is 4. The van der Waals surface area contributed by atoms with Crippen molar-refractivity contribution in [3.63, 3.8) is 0 Å². The van der Waals surface area contributed by atoms with Gasteiger partial charge in [0.15, 0.2) is 0 Å². The Morgan fingerprint density at radius 2 is 1.89 bits per heavy atom. The van der Waals surface area contributed by atoms with Gasteiger partial charge in [0, 0.05) is 28.1 Å². The molecule has 0 bridgehead atoms. The van der Waals surface area contributed by atoms with Gasteiger partial charge in [0.05, 0.1) is 48.6 Å². The Balaban J connectivity index is 1.50. The van der Waals surface area contributed by atoms with E-state index < -0.39 is 59.4 Å². The molecule has 1 aliphatic carbocycles. The predicted molar refractivity (Wildman–Crippen MR) is 163 cm³/mol. The van der Waals surface area contributed by atoms with Crippen molar-refractivity contribution in [1.82, 2.24) is 5.32 Å². The first kappa shape index (κ1) is 30.6. The third kappa shape index (κ3) is 4.88. The monoisotopic (exact) mass is 645 g/mol. The molecule has 6 rings (SSSR count). The highest BCUT2D eigenvalue weighted by Crippen LogP contribution is 2.61. The number of anilines is 2. The number of ether oxygens (including phenoxy) is 2. The topological polar surface area (TPSA) is 109 Å². The Hall–Kier alpha value is -3.44. The molecule has 8 nitrogen and oxygen atoms in total. The minimum absolute atomic E-state index is 0.120. The van der Waals surface area contributed by atoms with E-state index in [0.29, 0.717) is 35.5 Å². The van der Waals surface area contributed by atoms with Crippen LogP contribution in [-0.4, -0.2) is 56.2 Å². The van der Waals surface area contributed by atoms with Gasteiger partial charge in [-0.3, -0.25) is 9.18 Å². The summed E-state index contributed by atoms with van der Waals surface area (Å²) in [6.45, 7) is -0.560. The molecule has 0 radical (unpaired) electrons. The van der Waals surface area contributed by atoms with Crippen molar-refractivity contribution in [3.05, 3.63) is 87.2 Å². The molecule has 3 aromatic carbocycles.